The molecule has 1 amide bonds. The van der Waals surface area contributed by atoms with Crippen LogP contribution in [-0.2, 0) is 0 Å². The van der Waals surface area contributed by atoms with Crippen LogP contribution in [0, 0.1) is 13.8 Å². The van der Waals surface area contributed by atoms with E-state index < -0.39 is 0 Å². The van der Waals surface area contributed by atoms with Gasteiger partial charge in [-0.05, 0) is 44.4 Å². The Morgan fingerprint density at radius 1 is 1.20 bits per heavy atom. The lowest BCUT2D eigenvalue weighted by Crippen LogP contribution is -2.13. The van der Waals surface area contributed by atoms with Gasteiger partial charge in [-0.2, -0.15) is 4.98 Å². The van der Waals surface area contributed by atoms with Gasteiger partial charge < -0.3 is 5.32 Å². The first-order chi connectivity index (χ1) is 12.0. The van der Waals surface area contributed by atoms with Crippen molar-refractivity contribution in [3.05, 3.63) is 41.5 Å². The molecule has 1 aromatic carbocycles. The number of thioether (sulfide) groups is 1. The van der Waals surface area contributed by atoms with Crippen molar-refractivity contribution in [2.24, 2.45) is 0 Å². The predicted octanol–water partition coefficient (Wildman–Crippen LogP) is 3.33. The standard InChI is InChI=1S/C16H14N6OS2/c1-8-6-9(2)22-15(17-8)20-13(21-22)14(23)18-10-4-5-11-12(7-10)25-16(19-11)24-3/h4-7H,1-3H3,(H,18,23). The third-order valence-corrected chi connectivity index (χ3v) is 5.63. The molecule has 0 fully saturated rings. The summed E-state index contributed by atoms with van der Waals surface area (Å²) in [4.78, 5) is 25.5. The maximum absolute atomic E-state index is 12.5. The quantitative estimate of drug-likeness (QED) is 0.557. The number of anilines is 1. The average Bonchev–Trinajstić information content (AvgIpc) is 3.17. The molecule has 3 heterocycles. The number of rotatable bonds is 3. The molecule has 3 aromatic heterocycles. The second kappa shape index (κ2) is 6.08. The van der Waals surface area contributed by atoms with E-state index in [2.05, 4.69) is 25.4 Å². The number of aromatic nitrogens is 5. The van der Waals surface area contributed by atoms with Crippen LogP contribution in [0.3, 0.4) is 0 Å². The number of carbonyl (C=O) groups is 1. The molecule has 4 aromatic rings. The summed E-state index contributed by atoms with van der Waals surface area (Å²) in [6.07, 6.45) is 1.99. The number of amides is 1. The van der Waals surface area contributed by atoms with E-state index in [1.165, 1.54) is 0 Å². The van der Waals surface area contributed by atoms with Crippen molar-refractivity contribution in [1.29, 1.82) is 0 Å². The molecule has 126 valence electrons. The zero-order chi connectivity index (χ0) is 17.6. The molecule has 0 aliphatic carbocycles. The van der Waals surface area contributed by atoms with Crippen molar-refractivity contribution in [3.63, 3.8) is 0 Å². The summed E-state index contributed by atoms with van der Waals surface area (Å²) in [5.74, 6) is 0.150. The summed E-state index contributed by atoms with van der Waals surface area (Å²) in [6, 6.07) is 7.53. The minimum atomic E-state index is -0.364. The van der Waals surface area contributed by atoms with E-state index in [9.17, 15) is 4.79 Å². The Hall–Kier alpha value is -2.52. The largest absolute Gasteiger partial charge is 0.319 e. The highest BCUT2D eigenvalue weighted by atomic mass is 32.2. The smallest absolute Gasteiger partial charge is 0.295 e. The number of hydrogen-bond acceptors (Lipinski definition) is 7. The van der Waals surface area contributed by atoms with Crippen LogP contribution in [0.4, 0.5) is 5.69 Å². The zero-order valence-corrected chi connectivity index (χ0v) is 15.4. The van der Waals surface area contributed by atoms with Gasteiger partial charge in [0.1, 0.15) is 0 Å². The summed E-state index contributed by atoms with van der Waals surface area (Å²) in [5.41, 5.74) is 3.33. The normalized spacial score (nSPS) is 11.3. The first kappa shape index (κ1) is 16.0. The van der Waals surface area contributed by atoms with E-state index in [4.69, 9.17) is 0 Å². The molecule has 9 heteroatoms. The van der Waals surface area contributed by atoms with Crippen LogP contribution >= 0.6 is 23.1 Å². The molecule has 0 aliphatic rings. The van der Waals surface area contributed by atoms with Crippen LogP contribution < -0.4 is 5.32 Å². The molecule has 0 saturated carbocycles. The third kappa shape index (κ3) is 2.96. The second-order valence-corrected chi connectivity index (χ2v) is 7.59. The monoisotopic (exact) mass is 370 g/mol. The van der Waals surface area contributed by atoms with E-state index in [-0.39, 0.29) is 11.7 Å². The third-order valence-electron chi connectivity index (χ3n) is 3.62. The number of benzene rings is 1. The molecule has 4 rings (SSSR count). The molecule has 0 saturated heterocycles. The molecule has 0 spiro atoms. The SMILES string of the molecule is CSc1nc2ccc(NC(=O)c3nc4nc(C)cc(C)n4n3)cc2s1. The number of nitrogens with zero attached hydrogens (tertiary/aromatic N) is 5. The fourth-order valence-electron chi connectivity index (χ4n) is 2.52. The minimum Gasteiger partial charge on any atom is -0.319 e. The Labute approximate surface area is 151 Å². The van der Waals surface area contributed by atoms with Gasteiger partial charge in [0.15, 0.2) is 4.34 Å². The Morgan fingerprint density at radius 2 is 2.04 bits per heavy atom. The van der Waals surface area contributed by atoms with Crippen LogP contribution in [0.5, 0.6) is 0 Å². The lowest BCUT2D eigenvalue weighted by molar-refractivity contribution is 0.101. The van der Waals surface area contributed by atoms with Gasteiger partial charge in [-0.1, -0.05) is 11.8 Å². The van der Waals surface area contributed by atoms with E-state index in [0.29, 0.717) is 11.5 Å². The van der Waals surface area contributed by atoms with Gasteiger partial charge in [-0.25, -0.2) is 14.5 Å². The molecule has 1 N–H and O–H groups in total. The van der Waals surface area contributed by atoms with Crippen LogP contribution in [0.25, 0.3) is 16.0 Å². The predicted molar refractivity (Wildman–Crippen MR) is 99.6 cm³/mol. The van der Waals surface area contributed by atoms with Crippen LogP contribution in [0.2, 0.25) is 0 Å². The first-order valence-electron chi connectivity index (χ1n) is 7.50. The van der Waals surface area contributed by atoms with Gasteiger partial charge in [0.25, 0.3) is 11.7 Å². The number of aryl methyl sites for hydroxylation is 2. The van der Waals surface area contributed by atoms with Gasteiger partial charge >= 0.3 is 0 Å². The second-order valence-electron chi connectivity index (χ2n) is 5.51. The number of fused-ring (bicyclic) bond motifs is 2. The fraction of sp³-hybridized carbons (Fsp3) is 0.188. The molecule has 0 aliphatic heterocycles. The maximum Gasteiger partial charge on any atom is 0.295 e. The van der Waals surface area contributed by atoms with Gasteiger partial charge in [0, 0.05) is 17.1 Å². The van der Waals surface area contributed by atoms with Crippen molar-refractivity contribution in [2.75, 3.05) is 11.6 Å². The summed E-state index contributed by atoms with van der Waals surface area (Å²) >= 11 is 3.20. The molecule has 0 unspecified atom stereocenters. The number of carbonyl (C=O) groups excluding carboxylic acids is 1. The molecule has 0 bridgehead atoms. The Balaban J connectivity index is 1.64. The highest BCUT2D eigenvalue weighted by Gasteiger charge is 2.15. The highest BCUT2D eigenvalue weighted by Crippen LogP contribution is 2.30. The van der Waals surface area contributed by atoms with Crippen LogP contribution in [0.15, 0.2) is 28.6 Å². The number of nitrogens with one attached hydrogen (secondary N) is 1. The van der Waals surface area contributed by atoms with E-state index in [1.807, 2.05) is 44.4 Å². The van der Waals surface area contributed by atoms with Gasteiger partial charge in [-0.15, -0.1) is 16.4 Å². The van der Waals surface area contributed by atoms with Gasteiger partial charge in [0.05, 0.1) is 10.2 Å². The highest BCUT2D eigenvalue weighted by molar-refractivity contribution is 8.00. The fourth-order valence-corrected chi connectivity index (χ4v) is 4.05. The Morgan fingerprint density at radius 3 is 2.84 bits per heavy atom. The lowest BCUT2D eigenvalue weighted by atomic mass is 10.3. The maximum atomic E-state index is 12.5. The summed E-state index contributed by atoms with van der Waals surface area (Å²) < 4.78 is 3.59. The topological polar surface area (TPSA) is 85.1 Å². The molecular formula is C16H14N6OS2. The minimum absolute atomic E-state index is 0.0930. The lowest BCUT2D eigenvalue weighted by Gasteiger charge is -2.01. The number of hydrogen-bond donors (Lipinski definition) is 1. The average molecular weight is 370 g/mol. The molecule has 7 nitrogen and oxygen atoms in total. The summed E-state index contributed by atoms with van der Waals surface area (Å²) in [6.45, 7) is 3.79. The van der Waals surface area contributed by atoms with Crippen molar-refractivity contribution >= 4 is 50.7 Å². The van der Waals surface area contributed by atoms with Crippen molar-refractivity contribution in [3.8, 4) is 0 Å². The molecule has 0 radical (unpaired) electrons. The molecular weight excluding hydrogens is 356 g/mol. The van der Waals surface area contributed by atoms with Crippen LogP contribution in [0.1, 0.15) is 22.0 Å². The summed E-state index contributed by atoms with van der Waals surface area (Å²) in [5, 5.41) is 7.09. The molecule has 0 atom stereocenters. The Kier molecular flexibility index (Phi) is 3.89. The van der Waals surface area contributed by atoms with Crippen molar-refractivity contribution in [1.82, 2.24) is 24.6 Å². The first-order valence-corrected chi connectivity index (χ1v) is 9.54. The van der Waals surface area contributed by atoms with Crippen molar-refractivity contribution in [2.45, 2.75) is 18.2 Å². The Bertz CT molecular complexity index is 1120. The zero-order valence-electron chi connectivity index (χ0n) is 13.8. The van der Waals surface area contributed by atoms with E-state index in [1.54, 1.807) is 27.6 Å². The van der Waals surface area contributed by atoms with E-state index >= 15 is 0 Å². The summed E-state index contributed by atoms with van der Waals surface area (Å²) in [7, 11) is 0. The van der Waals surface area contributed by atoms with Gasteiger partial charge in [0.2, 0.25) is 5.82 Å². The van der Waals surface area contributed by atoms with Crippen LogP contribution in [-0.4, -0.2) is 36.7 Å². The van der Waals surface area contributed by atoms with Crippen molar-refractivity contribution < 1.29 is 4.79 Å². The molecule has 25 heavy (non-hydrogen) atoms. The van der Waals surface area contributed by atoms with Gasteiger partial charge in [-0.3, -0.25) is 4.79 Å². The van der Waals surface area contributed by atoms with E-state index in [0.717, 1.165) is 25.9 Å². The number of thiazole rings is 1.